The van der Waals surface area contributed by atoms with Crippen LogP contribution in [0, 0.1) is 5.41 Å². The predicted octanol–water partition coefficient (Wildman–Crippen LogP) is 3.55. The van der Waals surface area contributed by atoms with Crippen LogP contribution in [0.1, 0.15) is 44.1 Å². The molecule has 5 nitrogen and oxygen atoms in total. The molecule has 180 valence electrons. The van der Waals surface area contributed by atoms with Crippen LogP contribution in [0.3, 0.4) is 0 Å². The fourth-order valence-corrected chi connectivity index (χ4v) is 3.80. The van der Waals surface area contributed by atoms with Gasteiger partial charge in [0.1, 0.15) is 0 Å². The zero-order valence-corrected chi connectivity index (χ0v) is 18.6. The topological polar surface area (TPSA) is 82.0 Å². The Kier molecular flexibility index (Phi) is 11.5. The van der Waals surface area contributed by atoms with Crippen LogP contribution in [0.2, 0.25) is 0 Å². The number of allylic oxidation sites excluding steroid dienone is 2. The largest absolute Gasteiger partial charge is 0.395 e. The monoisotopic (exact) mass is 453 g/mol. The Morgan fingerprint density at radius 2 is 1.75 bits per heavy atom. The Bertz CT molecular complexity index is 698. The number of halogens is 2. The highest BCUT2D eigenvalue weighted by Crippen LogP contribution is 2.33. The Balaban J connectivity index is 1.45. The van der Waals surface area contributed by atoms with E-state index in [-0.39, 0.29) is 25.1 Å². The summed E-state index contributed by atoms with van der Waals surface area (Å²) in [5.74, 6) is -2.82. The highest BCUT2D eigenvalue weighted by molar-refractivity contribution is 5.23. The van der Waals surface area contributed by atoms with Gasteiger partial charge in [-0.05, 0) is 25.8 Å². The molecule has 3 unspecified atom stereocenters. The van der Waals surface area contributed by atoms with Crippen LogP contribution in [0.5, 0.6) is 0 Å². The number of hydrogen-bond donors (Lipinski definition) is 4. The highest BCUT2D eigenvalue weighted by Gasteiger charge is 2.41. The van der Waals surface area contributed by atoms with Gasteiger partial charge >= 0.3 is 0 Å². The van der Waals surface area contributed by atoms with E-state index in [9.17, 15) is 24.1 Å². The molecule has 0 radical (unpaired) electrons. The van der Waals surface area contributed by atoms with Crippen LogP contribution in [0.25, 0.3) is 0 Å². The molecule has 0 spiro atoms. The summed E-state index contributed by atoms with van der Waals surface area (Å²) in [5.41, 5.74) is -1.01. The van der Waals surface area contributed by atoms with E-state index in [0.717, 1.165) is 32.2 Å². The van der Waals surface area contributed by atoms with Gasteiger partial charge in [-0.15, -0.1) is 0 Å². The first kappa shape index (κ1) is 26.6. The van der Waals surface area contributed by atoms with Crippen molar-refractivity contribution in [2.45, 2.75) is 56.7 Å². The molecule has 32 heavy (non-hydrogen) atoms. The summed E-state index contributed by atoms with van der Waals surface area (Å²) < 4.78 is 33.6. The summed E-state index contributed by atoms with van der Waals surface area (Å²) in [6.45, 7) is 1.59. The second kappa shape index (κ2) is 13.8. The van der Waals surface area contributed by atoms with Gasteiger partial charge in [0.2, 0.25) is 0 Å². The lowest BCUT2D eigenvalue weighted by Crippen LogP contribution is -2.50. The number of aliphatic hydroxyl groups is 3. The van der Waals surface area contributed by atoms with Crippen molar-refractivity contribution in [3.8, 4) is 0 Å². The fourth-order valence-electron chi connectivity index (χ4n) is 3.80. The average molecular weight is 454 g/mol. The van der Waals surface area contributed by atoms with Crippen molar-refractivity contribution >= 4 is 0 Å². The number of rotatable bonds is 16. The molecule has 4 N–H and O–H groups in total. The third-order valence-corrected chi connectivity index (χ3v) is 5.96. The molecule has 1 aromatic carbocycles. The van der Waals surface area contributed by atoms with Crippen LogP contribution in [0.15, 0.2) is 54.6 Å². The molecule has 0 amide bonds. The Morgan fingerprint density at radius 1 is 1.03 bits per heavy atom. The number of hydrogen-bond acceptors (Lipinski definition) is 5. The molecule has 3 atom stereocenters. The summed E-state index contributed by atoms with van der Waals surface area (Å²) in [6, 6.07) is 7.88. The molecule has 0 heterocycles. The van der Waals surface area contributed by atoms with Crippen LogP contribution in [-0.4, -0.2) is 60.4 Å². The molecule has 0 bridgehead atoms. The molecule has 2 rings (SSSR count). The molecule has 0 aromatic heterocycles. The van der Waals surface area contributed by atoms with E-state index in [1.807, 2.05) is 0 Å². The Morgan fingerprint density at radius 3 is 2.47 bits per heavy atom. The second-order valence-corrected chi connectivity index (χ2v) is 8.38. The number of benzene rings is 1. The SMILES string of the molecule is OCC1(C(O)CNCCCCCCOCCCC(F)(F)c2ccccc2)C=CC=CC1O. The minimum Gasteiger partial charge on any atom is -0.395 e. The first-order valence-corrected chi connectivity index (χ1v) is 11.5. The standard InChI is InChI=1S/C25H37F2NO4/c26-25(27,21-11-4-3-5-12-21)15-10-18-32-17-9-2-1-8-16-28-19-23(31)24(20-29)14-7-6-13-22(24)30/h3-7,11-14,22-23,28-31H,1-2,8-10,15-20H2. The molecular weight excluding hydrogens is 416 g/mol. The van der Waals surface area contributed by atoms with Gasteiger partial charge in [0.25, 0.3) is 5.92 Å². The molecule has 1 aromatic rings. The van der Waals surface area contributed by atoms with Crippen LogP contribution >= 0.6 is 0 Å². The Labute approximate surface area is 189 Å². The molecule has 0 saturated heterocycles. The number of alkyl halides is 2. The summed E-state index contributed by atoms with van der Waals surface area (Å²) >= 11 is 0. The van der Waals surface area contributed by atoms with E-state index in [1.54, 1.807) is 42.5 Å². The molecule has 1 aliphatic carbocycles. The Hall–Kier alpha value is -1.64. The smallest absolute Gasteiger partial charge is 0.273 e. The normalized spacial score (nSPS) is 21.7. The van der Waals surface area contributed by atoms with Gasteiger partial charge in [-0.1, -0.05) is 67.5 Å². The quantitative estimate of drug-likeness (QED) is 0.288. The van der Waals surface area contributed by atoms with Gasteiger partial charge in [0, 0.05) is 31.7 Å². The number of ether oxygens (including phenoxy) is 1. The van der Waals surface area contributed by atoms with E-state index in [4.69, 9.17) is 4.74 Å². The lowest BCUT2D eigenvalue weighted by atomic mass is 9.75. The second-order valence-electron chi connectivity index (χ2n) is 8.38. The maximum atomic E-state index is 14.0. The van der Waals surface area contributed by atoms with Crippen molar-refractivity contribution in [1.29, 1.82) is 0 Å². The molecular formula is C25H37F2NO4. The summed E-state index contributed by atoms with van der Waals surface area (Å²) in [7, 11) is 0. The zero-order chi connectivity index (χ0) is 23.3. The van der Waals surface area contributed by atoms with Crippen molar-refractivity contribution < 1.29 is 28.8 Å². The number of unbranched alkanes of at least 4 members (excludes halogenated alkanes) is 3. The van der Waals surface area contributed by atoms with Crippen LogP contribution < -0.4 is 5.32 Å². The minimum atomic E-state index is -2.82. The molecule has 7 heteroatoms. The molecule has 0 fully saturated rings. The van der Waals surface area contributed by atoms with E-state index in [2.05, 4.69) is 5.32 Å². The summed E-state index contributed by atoms with van der Waals surface area (Å²) in [5, 5.41) is 33.4. The van der Waals surface area contributed by atoms with Crippen LogP contribution in [0.4, 0.5) is 8.78 Å². The molecule has 1 aliphatic rings. The number of aliphatic hydroxyl groups excluding tert-OH is 3. The molecule has 0 saturated carbocycles. The van der Waals surface area contributed by atoms with Gasteiger partial charge < -0.3 is 25.4 Å². The van der Waals surface area contributed by atoms with Gasteiger partial charge in [-0.2, -0.15) is 0 Å². The predicted molar refractivity (Wildman–Crippen MR) is 122 cm³/mol. The molecule has 0 aliphatic heterocycles. The van der Waals surface area contributed by atoms with Crippen LogP contribution in [-0.2, 0) is 10.7 Å². The zero-order valence-electron chi connectivity index (χ0n) is 18.6. The van der Waals surface area contributed by atoms with Gasteiger partial charge in [-0.3, -0.25) is 0 Å². The minimum absolute atomic E-state index is 0.0517. The van der Waals surface area contributed by atoms with E-state index >= 15 is 0 Å². The first-order chi connectivity index (χ1) is 15.4. The first-order valence-electron chi connectivity index (χ1n) is 11.5. The van der Waals surface area contributed by atoms with E-state index in [0.29, 0.717) is 19.6 Å². The highest BCUT2D eigenvalue weighted by atomic mass is 19.3. The van der Waals surface area contributed by atoms with Gasteiger partial charge in [0.05, 0.1) is 24.2 Å². The van der Waals surface area contributed by atoms with Crippen molar-refractivity contribution in [3.05, 3.63) is 60.2 Å². The number of nitrogens with one attached hydrogen (secondary N) is 1. The summed E-state index contributed by atoms with van der Waals surface area (Å²) in [4.78, 5) is 0. The van der Waals surface area contributed by atoms with Crippen molar-refractivity contribution in [2.24, 2.45) is 5.41 Å². The average Bonchev–Trinajstić information content (AvgIpc) is 2.80. The maximum absolute atomic E-state index is 14.0. The van der Waals surface area contributed by atoms with Gasteiger partial charge in [-0.25, -0.2) is 8.78 Å². The third kappa shape index (κ3) is 8.05. The van der Waals surface area contributed by atoms with Crippen molar-refractivity contribution in [1.82, 2.24) is 5.32 Å². The lowest BCUT2D eigenvalue weighted by Gasteiger charge is -2.38. The van der Waals surface area contributed by atoms with Gasteiger partial charge in [0.15, 0.2) is 0 Å². The maximum Gasteiger partial charge on any atom is 0.273 e. The summed E-state index contributed by atoms with van der Waals surface area (Å²) in [6.07, 6.45) is 8.74. The van der Waals surface area contributed by atoms with E-state index in [1.165, 1.54) is 12.1 Å². The van der Waals surface area contributed by atoms with Crippen molar-refractivity contribution in [3.63, 3.8) is 0 Å². The van der Waals surface area contributed by atoms with Crippen molar-refractivity contribution in [2.75, 3.05) is 32.9 Å². The third-order valence-electron chi connectivity index (χ3n) is 5.96. The fraction of sp³-hybridized carbons (Fsp3) is 0.600. The van der Waals surface area contributed by atoms with E-state index < -0.39 is 23.5 Å². The lowest BCUT2D eigenvalue weighted by molar-refractivity contribution is -0.0491.